The second kappa shape index (κ2) is 27.5. The van der Waals surface area contributed by atoms with Crippen molar-refractivity contribution in [3.8, 4) is 11.1 Å². The largest absolute Gasteiger partial charge is 0.466 e. The lowest BCUT2D eigenvalue weighted by atomic mass is 9.92. The van der Waals surface area contributed by atoms with E-state index in [1.807, 2.05) is 0 Å². The zero-order valence-corrected chi connectivity index (χ0v) is 35.0. The summed E-state index contributed by atoms with van der Waals surface area (Å²) in [4.78, 5) is 86.2. The van der Waals surface area contributed by atoms with Crippen LogP contribution in [0.5, 0.6) is 0 Å². The Hall–Kier alpha value is -2.16. The summed E-state index contributed by atoms with van der Waals surface area (Å²) in [7, 11) is -18.6. The van der Waals surface area contributed by atoms with E-state index in [4.69, 9.17) is 77.0 Å². The van der Waals surface area contributed by atoms with Gasteiger partial charge in [-0.3, -0.25) is 0 Å². The average molecular weight is 869 g/mol. The first-order chi connectivity index (χ1) is 25.8. The summed E-state index contributed by atoms with van der Waals surface area (Å²) < 4.78 is 35.5. The molecule has 0 spiro atoms. The maximum Gasteiger partial charge on any atom is 0.466 e. The van der Waals surface area contributed by atoms with E-state index in [0.717, 1.165) is 0 Å². The molecule has 20 heteroatoms. The Kier molecular flexibility index (Phi) is 26.5. The Morgan fingerprint density at radius 2 is 0.679 bits per heavy atom. The summed E-state index contributed by atoms with van der Waals surface area (Å²) in [5.74, 6) is 0. The molecule has 16 nitrogen and oxygen atoms in total. The quantitative estimate of drug-likeness (QED) is 0.0410. The average Bonchev–Trinajstić information content (AvgIpc) is 3.04. The highest BCUT2D eigenvalue weighted by Crippen LogP contribution is 2.34. The lowest BCUT2D eigenvalue weighted by molar-refractivity contribution is 0.272. The molecule has 0 aliphatic carbocycles. The molecule has 0 unspecified atom stereocenters. The fourth-order valence-corrected chi connectivity index (χ4v) is 5.48. The van der Waals surface area contributed by atoms with E-state index in [1.54, 1.807) is 0 Å². The van der Waals surface area contributed by atoms with Crippen molar-refractivity contribution in [2.24, 2.45) is 0 Å². The molecule has 0 fully saturated rings. The topological polar surface area (TPSA) is 311 Å². The summed E-state index contributed by atoms with van der Waals surface area (Å²) >= 11 is 0. The van der Waals surface area contributed by atoms with Crippen LogP contribution in [0.3, 0.4) is 0 Å². The molecule has 0 atom stereocenters. The molecule has 0 aliphatic heterocycles. The summed E-state index contributed by atoms with van der Waals surface area (Å²) in [6.45, 7) is 4.57. The van der Waals surface area contributed by atoms with Crippen LogP contribution in [0.15, 0.2) is 60.7 Å². The van der Waals surface area contributed by atoms with Crippen molar-refractivity contribution < 1.29 is 77.0 Å². The fourth-order valence-electron chi connectivity index (χ4n) is 5.48. The lowest BCUT2D eigenvalue weighted by Gasteiger charge is -2.12. The highest BCUT2D eigenvalue weighted by Gasteiger charge is 2.10. The maximum absolute atomic E-state index is 8.88. The van der Waals surface area contributed by atoms with Crippen molar-refractivity contribution in [3.05, 3.63) is 83.9 Å². The second-order valence-corrected chi connectivity index (χ2v) is 16.7. The van der Waals surface area contributed by atoms with Crippen LogP contribution in [0.1, 0.15) is 102 Å². The minimum Gasteiger partial charge on any atom is -0.303 e. The first-order valence-corrected chi connectivity index (χ1v) is 24.1. The van der Waals surface area contributed by atoms with Crippen LogP contribution in [0.4, 0.5) is 0 Å². The molecule has 2 radical (unpaired) electrons. The van der Waals surface area contributed by atoms with Crippen molar-refractivity contribution in [2.45, 2.75) is 104 Å². The van der Waals surface area contributed by atoms with Crippen molar-refractivity contribution >= 4 is 52.8 Å². The summed E-state index contributed by atoms with van der Waals surface area (Å²) in [5.41, 5.74) is 5.26. The normalized spacial score (nSPS) is 11.6. The van der Waals surface area contributed by atoms with Gasteiger partial charge in [-0.15, -0.1) is 0 Å². The van der Waals surface area contributed by atoms with Crippen molar-refractivity contribution in [1.29, 1.82) is 0 Å². The van der Waals surface area contributed by atoms with Crippen molar-refractivity contribution in [2.75, 3.05) is 0 Å². The van der Waals surface area contributed by atoms with Gasteiger partial charge in [-0.1, -0.05) is 139 Å². The molecule has 12 N–H and O–H groups in total. The lowest BCUT2D eigenvalue weighted by Crippen LogP contribution is -1.90. The van der Waals surface area contributed by atoms with Crippen LogP contribution in [0.25, 0.3) is 32.7 Å². The van der Waals surface area contributed by atoms with Crippen LogP contribution in [0.2, 0.25) is 0 Å². The first kappa shape index (κ1) is 53.8. The third-order valence-electron chi connectivity index (χ3n) is 7.64. The summed E-state index contributed by atoms with van der Waals surface area (Å²) in [6.07, 6.45) is 18.5. The van der Waals surface area contributed by atoms with Crippen LogP contribution in [0, 0.1) is 12.1 Å². The Balaban J connectivity index is 0.00000125. The van der Waals surface area contributed by atoms with Gasteiger partial charge in [0.2, 0.25) is 0 Å². The summed E-state index contributed by atoms with van der Waals surface area (Å²) in [6, 6.07) is 29.8. The Morgan fingerprint density at radius 1 is 0.411 bits per heavy atom. The molecule has 0 saturated carbocycles. The summed E-state index contributed by atoms with van der Waals surface area (Å²) in [5, 5.41) is 5.20. The van der Waals surface area contributed by atoms with Gasteiger partial charge in [0.25, 0.3) is 0 Å². The van der Waals surface area contributed by atoms with Gasteiger partial charge < -0.3 is 58.7 Å². The van der Waals surface area contributed by atoms with Gasteiger partial charge in [0.15, 0.2) is 0 Å². The molecule has 4 aromatic rings. The smallest absolute Gasteiger partial charge is 0.303 e. The van der Waals surface area contributed by atoms with E-state index < -0.39 is 31.3 Å². The third-order valence-corrected chi connectivity index (χ3v) is 7.64. The zero-order valence-electron chi connectivity index (χ0n) is 31.5. The van der Waals surface area contributed by atoms with Gasteiger partial charge >= 0.3 is 31.3 Å². The number of hydrogen-bond acceptors (Lipinski definition) is 4. The maximum atomic E-state index is 8.88. The molecule has 0 amide bonds. The minimum absolute atomic E-state index is 1.17. The van der Waals surface area contributed by atoms with E-state index >= 15 is 0 Å². The van der Waals surface area contributed by atoms with E-state index in [2.05, 4.69) is 86.6 Å². The molecular formula is C36H56O16P4. The minimum atomic E-state index is -4.64. The van der Waals surface area contributed by atoms with E-state index in [9.17, 15) is 0 Å². The van der Waals surface area contributed by atoms with E-state index in [1.165, 1.54) is 134 Å². The van der Waals surface area contributed by atoms with E-state index in [-0.39, 0.29) is 0 Å². The van der Waals surface area contributed by atoms with E-state index in [0.29, 0.717) is 0 Å². The number of unbranched alkanes of at least 4 members (excludes halogenated alkanes) is 10. The van der Waals surface area contributed by atoms with Crippen LogP contribution < -0.4 is 0 Å². The Morgan fingerprint density at radius 3 is 0.964 bits per heavy atom. The molecule has 0 aromatic heterocycles. The molecule has 4 rings (SSSR count). The number of phosphoric acid groups is 4. The molecule has 0 saturated heterocycles. The highest BCUT2D eigenvalue weighted by atomic mass is 31.2. The van der Waals surface area contributed by atoms with Gasteiger partial charge in [-0.05, 0) is 81.6 Å². The number of hydrogen-bond donors (Lipinski definition) is 12. The number of fused-ring (bicyclic) bond motifs is 2. The molecule has 56 heavy (non-hydrogen) atoms. The van der Waals surface area contributed by atoms with Gasteiger partial charge in [0, 0.05) is 0 Å². The van der Waals surface area contributed by atoms with Crippen LogP contribution in [-0.4, -0.2) is 58.7 Å². The van der Waals surface area contributed by atoms with Gasteiger partial charge in [0.05, 0.1) is 0 Å². The zero-order chi connectivity index (χ0) is 43.0. The van der Waals surface area contributed by atoms with Crippen LogP contribution >= 0.6 is 31.3 Å². The number of rotatable bonds is 15. The van der Waals surface area contributed by atoms with Crippen LogP contribution in [-0.2, 0) is 31.1 Å². The SMILES string of the molecule is CCCCCCCCc1ccc2c(-c3[c]ccc4cc(CCCCCCCC)ccc34)[c]ccc2c1.O=P(O)(O)O.O=P(O)(O)O.O=P(O)(O)O.O=P(O)(O)O. The molecule has 0 bridgehead atoms. The van der Waals surface area contributed by atoms with Crippen molar-refractivity contribution in [1.82, 2.24) is 0 Å². The molecule has 0 aliphatic rings. The van der Waals surface area contributed by atoms with Crippen molar-refractivity contribution in [3.63, 3.8) is 0 Å². The molecular weight excluding hydrogens is 812 g/mol. The monoisotopic (exact) mass is 868 g/mol. The Bertz CT molecular complexity index is 1690. The highest BCUT2D eigenvalue weighted by molar-refractivity contribution is 7.45. The fraction of sp³-hybridized carbons (Fsp3) is 0.444. The number of benzene rings is 4. The molecule has 316 valence electrons. The standard InChI is InChI=1S/C36H44.4H3O4P/c1-3-5-7-9-11-13-17-29-23-25-33-31(27-29)19-15-21-35(33)36-22-16-20-32-28-30(24-26-34(32)36)18-14-12-10-8-6-4-2;4*1-5(2,3)4/h15-16,19-20,23-28H,3-14,17-18H2,1-2H3;4*(H3,1,2,3,4). The molecule has 4 aromatic carbocycles. The van der Waals surface area contributed by atoms with Gasteiger partial charge in [0.1, 0.15) is 0 Å². The predicted octanol–water partition coefficient (Wildman–Crippen LogP) is 7.35. The van der Waals surface area contributed by atoms with Gasteiger partial charge in [-0.2, -0.15) is 0 Å². The van der Waals surface area contributed by atoms with Gasteiger partial charge in [-0.25, -0.2) is 18.3 Å². The second-order valence-electron chi connectivity index (χ2n) is 12.6. The predicted molar refractivity (Wildman–Crippen MR) is 216 cm³/mol. The third kappa shape index (κ3) is 32.9. The molecule has 0 heterocycles. The first-order valence-electron chi connectivity index (χ1n) is 17.8. The number of aryl methyl sites for hydroxylation is 2. The Labute approximate surface area is 327 Å².